The van der Waals surface area contributed by atoms with E-state index in [0.717, 1.165) is 64.0 Å². The van der Waals surface area contributed by atoms with E-state index in [1.807, 2.05) is 43.5 Å². The van der Waals surface area contributed by atoms with Gasteiger partial charge in [0, 0.05) is 34.5 Å². The maximum Gasteiger partial charge on any atom is 0.323 e. The van der Waals surface area contributed by atoms with Gasteiger partial charge in [-0.1, -0.05) is 34.1 Å². The van der Waals surface area contributed by atoms with E-state index in [-0.39, 0.29) is 12.0 Å². The molecule has 0 aliphatic rings. The molecule has 7 nitrogen and oxygen atoms in total. The summed E-state index contributed by atoms with van der Waals surface area (Å²) in [5.41, 5.74) is 4.89. The first kappa shape index (κ1) is 26.3. The Morgan fingerprint density at radius 3 is 2.59 bits per heavy atom. The Morgan fingerprint density at radius 2 is 1.89 bits per heavy atom. The van der Waals surface area contributed by atoms with Crippen LogP contribution in [0.5, 0.6) is 11.5 Å². The molecule has 0 aliphatic carbocycles. The third-order valence-electron chi connectivity index (χ3n) is 6.27. The predicted molar refractivity (Wildman–Crippen MR) is 145 cm³/mol. The molecule has 0 radical (unpaired) electrons. The average Bonchev–Trinajstić information content (AvgIpc) is 3.45. The minimum Gasteiger partial charge on any atom is -0.493 e. The Balaban J connectivity index is 1.34. The molecule has 0 saturated heterocycles. The smallest absolute Gasteiger partial charge is 0.323 e. The van der Waals surface area contributed by atoms with Crippen LogP contribution in [0.2, 0.25) is 0 Å². The summed E-state index contributed by atoms with van der Waals surface area (Å²) < 4.78 is 19.6. The van der Waals surface area contributed by atoms with Crippen molar-refractivity contribution in [2.45, 2.75) is 65.8 Å². The molecule has 0 aliphatic heterocycles. The number of aryl methyl sites for hydroxylation is 2. The van der Waals surface area contributed by atoms with Crippen LogP contribution < -0.4 is 9.47 Å². The number of rotatable bonds is 11. The second-order valence-corrected chi connectivity index (χ2v) is 10.4. The second kappa shape index (κ2) is 11.1. The quantitative estimate of drug-likeness (QED) is 0.226. The van der Waals surface area contributed by atoms with Crippen LogP contribution in [-0.4, -0.2) is 33.8 Å². The van der Waals surface area contributed by atoms with Crippen LogP contribution in [0, 0.1) is 6.92 Å². The van der Waals surface area contributed by atoms with E-state index in [1.54, 1.807) is 10.8 Å². The van der Waals surface area contributed by atoms with Gasteiger partial charge in [0.1, 0.15) is 24.3 Å². The zero-order valence-electron chi connectivity index (χ0n) is 22.3. The fourth-order valence-corrected chi connectivity index (χ4v) is 4.32. The summed E-state index contributed by atoms with van der Waals surface area (Å²) in [4.78, 5) is 15.8. The van der Waals surface area contributed by atoms with Crippen molar-refractivity contribution in [2.24, 2.45) is 0 Å². The number of carboxylic acid groups (broad SMARTS) is 1. The van der Waals surface area contributed by atoms with Crippen molar-refractivity contribution < 1.29 is 23.8 Å². The van der Waals surface area contributed by atoms with Gasteiger partial charge in [-0.15, -0.1) is 0 Å². The number of aliphatic carboxylic acids is 1. The number of oxazole rings is 1. The van der Waals surface area contributed by atoms with Crippen molar-refractivity contribution in [1.29, 1.82) is 0 Å². The van der Waals surface area contributed by atoms with Crippen molar-refractivity contribution >= 4 is 16.9 Å². The molecule has 0 spiro atoms. The van der Waals surface area contributed by atoms with Crippen molar-refractivity contribution in [2.75, 3.05) is 13.2 Å². The lowest BCUT2D eigenvalue weighted by Gasteiger charge is -2.13. The number of hydrogen-bond acceptors (Lipinski definition) is 5. The molecule has 2 heterocycles. The monoisotopic (exact) mass is 504 g/mol. The highest BCUT2D eigenvalue weighted by Crippen LogP contribution is 2.30. The van der Waals surface area contributed by atoms with Crippen LogP contribution >= 0.6 is 0 Å². The van der Waals surface area contributed by atoms with E-state index in [9.17, 15) is 4.79 Å². The van der Waals surface area contributed by atoms with Gasteiger partial charge in [-0.3, -0.25) is 4.79 Å². The van der Waals surface area contributed by atoms with Crippen LogP contribution in [0.15, 0.2) is 53.3 Å². The standard InChI is InChI=1S/C30H36N2O5/c1-6-8-21-15-22(29-31-27(19-37-29)30(3,4)5)9-12-26(21)36-14-7-13-35-23-10-11-25-24(16-23)20(2)17-32(25)18-28(33)34/h9-12,15-17,19H,6-8,13-14,18H2,1-5H3,(H,33,34). The number of hydrogen-bond donors (Lipinski definition) is 1. The number of benzene rings is 2. The van der Waals surface area contributed by atoms with Gasteiger partial charge < -0.3 is 23.6 Å². The molecule has 0 unspecified atom stereocenters. The first-order valence-electron chi connectivity index (χ1n) is 12.8. The average molecular weight is 505 g/mol. The summed E-state index contributed by atoms with van der Waals surface area (Å²) in [7, 11) is 0. The Morgan fingerprint density at radius 1 is 1.11 bits per heavy atom. The van der Waals surface area contributed by atoms with Gasteiger partial charge in [0.2, 0.25) is 5.89 Å². The number of fused-ring (bicyclic) bond motifs is 1. The summed E-state index contributed by atoms with van der Waals surface area (Å²) in [6.07, 6.45) is 6.26. The lowest BCUT2D eigenvalue weighted by atomic mass is 9.93. The van der Waals surface area contributed by atoms with Gasteiger partial charge in [0.05, 0.1) is 18.9 Å². The normalized spacial score (nSPS) is 11.7. The largest absolute Gasteiger partial charge is 0.493 e. The summed E-state index contributed by atoms with van der Waals surface area (Å²) >= 11 is 0. The fraction of sp³-hybridized carbons (Fsp3) is 0.400. The predicted octanol–water partition coefficient (Wildman–Crippen LogP) is 6.79. The highest BCUT2D eigenvalue weighted by molar-refractivity contribution is 5.86. The molecule has 4 rings (SSSR count). The number of carboxylic acids is 1. The lowest BCUT2D eigenvalue weighted by molar-refractivity contribution is -0.137. The SMILES string of the molecule is CCCc1cc(-c2nc(C(C)(C)C)co2)ccc1OCCCOc1ccc2c(c1)c(C)cn2CC(=O)O. The molecule has 0 atom stereocenters. The molecule has 0 bridgehead atoms. The van der Waals surface area contributed by atoms with Gasteiger partial charge in [-0.25, -0.2) is 4.98 Å². The summed E-state index contributed by atoms with van der Waals surface area (Å²) in [6, 6.07) is 11.9. The van der Waals surface area contributed by atoms with Gasteiger partial charge >= 0.3 is 5.97 Å². The maximum atomic E-state index is 11.1. The molecule has 37 heavy (non-hydrogen) atoms. The topological polar surface area (TPSA) is 86.7 Å². The van der Waals surface area contributed by atoms with E-state index >= 15 is 0 Å². The third-order valence-corrected chi connectivity index (χ3v) is 6.27. The number of nitrogens with zero attached hydrogens (tertiary/aromatic N) is 2. The molecule has 0 fully saturated rings. The minimum absolute atomic E-state index is 0.0567. The summed E-state index contributed by atoms with van der Waals surface area (Å²) in [5.74, 6) is 1.42. The molecular formula is C30H36N2O5. The van der Waals surface area contributed by atoms with Crippen LogP contribution in [0.1, 0.15) is 57.4 Å². The van der Waals surface area contributed by atoms with E-state index in [2.05, 4.69) is 38.7 Å². The summed E-state index contributed by atoms with van der Waals surface area (Å²) in [6.45, 7) is 11.5. The van der Waals surface area contributed by atoms with Gasteiger partial charge in [-0.05, 0) is 60.9 Å². The van der Waals surface area contributed by atoms with Crippen LogP contribution in [0.4, 0.5) is 0 Å². The Labute approximate surface area is 218 Å². The van der Waals surface area contributed by atoms with Crippen LogP contribution in [0.25, 0.3) is 22.4 Å². The molecule has 196 valence electrons. The molecule has 4 aromatic rings. The first-order valence-corrected chi connectivity index (χ1v) is 12.8. The highest BCUT2D eigenvalue weighted by atomic mass is 16.5. The maximum absolute atomic E-state index is 11.1. The van der Waals surface area contributed by atoms with Gasteiger partial charge in [-0.2, -0.15) is 0 Å². The van der Waals surface area contributed by atoms with Crippen molar-refractivity contribution in [3.63, 3.8) is 0 Å². The van der Waals surface area contributed by atoms with Crippen molar-refractivity contribution in [3.05, 3.63) is 65.7 Å². The fourth-order valence-electron chi connectivity index (χ4n) is 4.32. The molecule has 7 heteroatoms. The lowest BCUT2D eigenvalue weighted by Crippen LogP contribution is -2.11. The Bertz CT molecular complexity index is 1380. The Hall–Kier alpha value is -3.74. The number of carbonyl (C=O) groups is 1. The Kier molecular flexibility index (Phi) is 7.91. The van der Waals surface area contributed by atoms with E-state index < -0.39 is 5.97 Å². The van der Waals surface area contributed by atoms with E-state index in [1.165, 1.54) is 0 Å². The minimum atomic E-state index is -0.860. The van der Waals surface area contributed by atoms with E-state index in [0.29, 0.717) is 19.1 Å². The molecule has 2 aromatic heterocycles. The molecular weight excluding hydrogens is 468 g/mol. The van der Waals surface area contributed by atoms with E-state index in [4.69, 9.17) is 19.0 Å². The molecule has 0 saturated carbocycles. The van der Waals surface area contributed by atoms with Crippen molar-refractivity contribution in [1.82, 2.24) is 9.55 Å². The summed E-state index contributed by atoms with van der Waals surface area (Å²) in [5, 5.41) is 10.1. The van der Waals surface area contributed by atoms with Gasteiger partial charge in [0.15, 0.2) is 0 Å². The number of aromatic nitrogens is 2. The molecule has 2 aromatic carbocycles. The van der Waals surface area contributed by atoms with Crippen molar-refractivity contribution in [3.8, 4) is 23.0 Å². The zero-order chi connectivity index (χ0) is 26.6. The van der Waals surface area contributed by atoms with Crippen LogP contribution in [-0.2, 0) is 23.2 Å². The number of ether oxygens (including phenoxy) is 2. The highest BCUT2D eigenvalue weighted by Gasteiger charge is 2.20. The second-order valence-electron chi connectivity index (χ2n) is 10.4. The van der Waals surface area contributed by atoms with Gasteiger partial charge in [0.25, 0.3) is 0 Å². The molecule has 1 N–H and O–H groups in total. The first-order chi connectivity index (χ1) is 17.7. The molecule has 0 amide bonds. The van der Waals surface area contributed by atoms with Crippen LogP contribution in [0.3, 0.4) is 0 Å². The third kappa shape index (κ3) is 6.34. The zero-order valence-corrected chi connectivity index (χ0v) is 22.3.